The van der Waals surface area contributed by atoms with E-state index >= 15 is 0 Å². The zero-order valence-electron chi connectivity index (χ0n) is 12.2. The predicted molar refractivity (Wildman–Crippen MR) is 84.8 cm³/mol. The number of fused-ring (bicyclic) bond motifs is 3. The Balaban J connectivity index is 1.98. The standard InChI is InChI=1S/C18H11F3N2O/c19-18(20,21)12-7-5-11(6-8-12)17-16-9-13(24)10-23(16)15-4-2-1-3-14(15)22-17/h1-10,24H. The van der Waals surface area contributed by atoms with Crippen LogP contribution in [-0.2, 0) is 6.18 Å². The van der Waals surface area contributed by atoms with Crippen molar-refractivity contribution in [1.29, 1.82) is 0 Å². The fourth-order valence-corrected chi connectivity index (χ4v) is 2.80. The van der Waals surface area contributed by atoms with Gasteiger partial charge in [0.15, 0.2) is 0 Å². The first-order valence-electron chi connectivity index (χ1n) is 7.21. The number of para-hydroxylation sites is 2. The molecule has 2 aromatic carbocycles. The molecular weight excluding hydrogens is 317 g/mol. The molecule has 3 nitrogen and oxygen atoms in total. The van der Waals surface area contributed by atoms with Crippen LogP contribution in [0.3, 0.4) is 0 Å². The Kier molecular flexibility index (Phi) is 3.03. The van der Waals surface area contributed by atoms with Gasteiger partial charge in [0.1, 0.15) is 5.75 Å². The number of halogens is 3. The lowest BCUT2D eigenvalue weighted by Crippen LogP contribution is -2.04. The number of aromatic nitrogens is 2. The Morgan fingerprint density at radius 1 is 0.917 bits per heavy atom. The van der Waals surface area contributed by atoms with Crippen molar-refractivity contribution < 1.29 is 18.3 Å². The van der Waals surface area contributed by atoms with E-state index in [1.165, 1.54) is 12.1 Å². The minimum Gasteiger partial charge on any atom is -0.506 e. The lowest BCUT2D eigenvalue weighted by Gasteiger charge is -2.10. The molecule has 4 rings (SSSR count). The predicted octanol–water partition coefficient (Wildman–Crippen LogP) is 4.88. The molecule has 0 aliphatic carbocycles. The van der Waals surface area contributed by atoms with Gasteiger partial charge in [-0.2, -0.15) is 13.2 Å². The second-order valence-electron chi connectivity index (χ2n) is 5.48. The highest BCUT2D eigenvalue weighted by molar-refractivity contribution is 5.88. The molecule has 0 aliphatic rings. The summed E-state index contributed by atoms with van der Waals surface area (Å²) in [6, 6.07) is 13.8. The van der Waals surface area contributed by atoms with E-state index in [1.807, 2.05) is 24.3 Å². The zero-order valence-corrected chi connectivity index (χ0v) is 12.2. The molecule has 0 atom stereocenters. The Labute approximate surface area is 134 Å². The van der Waals surface area contributed by atoms with Crippen molar-refractivity contribution in [1.82, 2.24) is 9.38 Å². The smallest absolute Gasteiger partial charge is 0.416 e. The SMILES string of the molecule is Oc1cc2c(-c3ccc(C(F)(F)F)cc3)nc3ccccc3n2c1. The van der Waals surface area contributed by atoms with E-state index in [9.17, 15) is 18.3 Å². The van der Waals surface area contributed by atoms with Gasteiger partial charge in [-0.05, 0) is 24.3 Å². The highest BCUT2D eigenvalue weighted by atomic mass is 19.4. The van der Waals surface area contributed by atoms with Gasteiger partial charge in [-0.15, -0.1) is 0 Å². The van der Waals surface area contributed by atoms with Gasteiger partial charge in [-0.1, -0.05) is 24.3 Å². The summed E-state index contributed by atoms with van der Waals surface area (Å²) in [6.07, 6.45) is -2.81. The van der Waals surface area contributed by atoms with E-state index < -0.39 is 11.7 Å². The molecule has 24 heavy (non-hydrogen) atoms. The molecule has 2 aromatic heterocycles. The van der Waals surface area contributed by atoms with Crippen LogP contribution in [0.25, 0.3) is 27.8 Å². The first-order chi connectivity index (χ1) is 11.4. The van der Waals surface area contributed by atoms with E-state index in [0.29, 0.717) is 22.3 Å². The number of hydrogen-bond donors (Lipinski definition) is 1. The summed E-state index contributed by atoms with van der Waals surface area (Å²) >= 11 is 0. The molecule has 0 aliphatic heterocycles. The molecular formula is C18H11F3N2O. The van der Waals surface area contributed by atoms with Crippen LogP contribution in [0.15, 0.2) is 60.8 Å². The average molecular weight is 328 g/mol. The van der Waals surface area contributed by atoms with Crippen molar-refractivity contribution in [3.8, 4) is 17.0 Å². The van der Waals surface area contributed by atoms with Gasteiger partial charge in [0.05, 0.1) is 34.0 Å². The largest absolute Gasteiger partial charge is 0.506 e. The molecule has 0 fully saturated rings. The van der Waals surface area contributed by atoms with Gasteiger partial charge in [0.2, 0.25) is 0 Å². The summed E-state index contributed by atoms with van der Waals surface area (Å²) in [5.74, 6) is 0.0707. The third kappa shape index (κ3) is 2.27. The Morgan fingerprint density at radius 2 is 1.62 bits per heavy atom. The van der Waals surface area contributed by atoms with Crippen LogP contribution >= 0.6 is 0 Å². The molecule has 0 saturated carbocycles. The monoisotopic (exact) mass is 328 g/mol. The molecule has 0 spiro atoms. The first kappa shape index (κ1) is 14.6. The quantitative estimate of drug-likeness (QED) is 0.541. The van der Waals surface area contributed by atoms with Gasteiger partial charge in [0, 0.05) is 11.6 Å². The topological polar surface area (TPSA) is 37.5 Å². The fraction of sp³-hybridized carbons (Fsp3) is 0.0556. The summed E-state index contributed by atoms with van der Waals surface area (Å²) in [7, 11) is 0. The van der Waals surface area contributed by atoms with Crippen LogP contribution in [0, 0.1) is 0 Å². The third-order valence-electron chi connectivity index (χ3n) is 3.91. The van der Waals surface area contributed by atoms with E-state index in [4.69, 9.17) is 0 Å². The Bertz CT molecular complexity index is 1050. The van der Waals surface area contributed by atoms with Crippen LogP contribution in [0.5, 0.6) is 5.75 Å². The molecule has 0 bridgehead atoms. The average Bonchev–Trinajstić information content (AvgIpc) is 2.95. The summed E-state index contributed by atoms with van der Waals surface area (Å²) in [6.45, 7) is 0. The molecule has 4 aromatic rings. The third-order valence-corrected chi connectivity index (χ3v) is 3.91. The van der Waals surface area contributed by atoms with Crippen LogP contribution < -0.4 is 0 Å². The van der Waals surface area contributed by atoms with Crippen LogP contribution in [0.1, 0.15) is 5.56 Å². The minimum atomic E-state index is -4.38. The van der Waals surface area contributed by atoms with E-state index in [1.54, 1.807) is 16.7 Å². The minimum absolute atomic E-state index is 0.0707. The summed E-state index contributed by atoms with van der Waals surface area (Å²) < 4.78 is 40.0. The summed E-state index contributed by atoms with van der Waals surface area (Å²) in [4.78, 5) is 4.57. The number of rotatable bonds is 1. The first-order valence-corrected chi connectivity index (χ1v) is 7.21. The maximum atomic E-state index is 12.7. The van der Waals surface area contributed by atoms with Crippen molar-refractivity contribution in [3.05, 3.63) is 66.4 Å². The highest BCUT2D eigenvalue weighted by Crippen LogP contribution is 2.33. The van der Waals surface area contributed by atoms with Crippen molar-refractivity contribution in [2.75, 3.05) is 0 Å². The van der Waals surface area contributed by atoms with Crippen LogP contribution in [0.2, 0.25) is 0 Å². The van der Waals surface area contributed by atoms with Gasteiger partial charge >= 0.3 is 6.18 Å². The molecule has 2 heterocycles. The lowest BCUT2D eigenvalue weighted by molar-refractivity contribution is -0.137. The van der Waals surface area contributed by atoms with Crippen molar-refractivity contribution >= 4 is 16.6 Å². The summed E-state index contributed by atoms with van der Waals surface area (Å²) in [5, 5.41) is 9.84. The Morgan fingerprint density at radius 3 is 2.33 bits per heavy atom. The number of aromatic hydroxyl groups is 1. The number of alkyl halides is 3. The molecule has 6 heteroatoms. The van der Waals surface area contributed by atoms with Crippen molar-refractivity contribution in [3.63, 3.8) is 0 Å². The Hall–Kier alpha value is -3.02. The van der Waals surface area contributed by atoms with Gasteiger partial charge in [0.25, 0.3) is 0 Å². The lowest BCUT2D eigenvalue weighted by atomic mass is 10.1. The van der Waals surface area contributed by atoms with Crippen LogP contribution in [0.4, 0.5) is 13.2 Å². The van der Waals surface area contributed by atoms with Gasteiger partial charge in [-0.25, -0.2) is 4.98 Å². The van der Waals surface area contributed by atoms with Crippen molar-refractivity contribution in [2.24, 2.45) is 0 Å². The molecule has 120 valence electrons. The number of nitrogens with zero attached hydrogens (tertiary/aromatic N) is 2. The molecule has 0 saturated heterocycles. The van der Waals surface area contributed by atoms with Crippen molar-refractivity contribution in [2.45, 2.75) is 6.18 Å². The second-order valence-corrected chi connectivity index (χ2v) is 5.48. The normalized spacial score (nSPS) is 12.1. The van der Waals surface area contributed by atoms with Gasteiger partial charge < -0.3 is 9.51 Å². The van der Waals surface area contributed by atoms with E-state index in [-0.39, 0.29) is 5.75 Å². The molecule has 0 amide bonds. The van der Waals surface area contributed by atoms with E-state index in [2.05, 4.69) is 4.98 Å². The number of benzene rings is 2. The maximum Gasteiger partial charge on any atom is 0.416 e. The van der Waals surface area contributed by atoms with E-state index in [0.717, 1.165) is 17.6 Å². The zero-order chi connectivity index (χ0) is 16.9. The fourth-order valence-electron chi connectivity index (χ4n) is 2.80. The molecule has 0 radical (unpaired) electrons. The highest BCUT2D eigenvalue weighted by Gasteiger charge is 2.30. The molecule has 0 unspecified atom stereocenters. The second kappa shape index (κ2) is 4.99. The van der Waals surface area contributed by atoms with Gasteiger partial charge in [-0.3, -0.25) is 0 Å². The summed E-state index contributed by atoms with van der Waals surface area (Å²) in [5.41, 5.74) is 2.49. The van der Waals surface area contributed by atoms with Crippen LogP contribution in [-0.4, -0.2) is 14.5 Å². The molecule has 1 N–H and O–H groups in total. The maximum absolute atomic E-state index is 12.7. The number of hydrogen-bond acceptors (Lipinski definition) is 2.